The van der Waals surface area contributed by atoms with E-state index in [1.165, 1.54) is 11.3 Å². The fourth-order valence-corrected chi connectivity index (χ4v) is 2.28. The fraction of sp³-hybridized carbons (Fsp3) is 0.0769. The van der Waals surface area contributed by atoms with Gasteiger partial charge in [-0.25, -0.2) is 0 Å². The smallest absolute Gasteiger partial charge is 0.252 e. The summed E-state index contributed by atoms with van der Waals surface area (Å²) < 4.78 is 0. The zero-order chi connectivity index (χ0) is 13.0. The third kappa shape index (κ3) is 2.89. The number of carbonyl (C=O) groups excluding carboxylic acids is 1. The molecule has 0 aliphatic carbocycles. The van der Waals surface area contributed by atoms with Crippen LogP contribution in [0.3, 0.4) is 0 Å². The van der Waals surface area contributed by atoms with Gasteiger partial charge in [-0.15, -0.1) is 11.3 Å². The number of nitrogens with one attached hydrogen (secondary N) is 1. The van der Waals surface area contributed by atoms with E-state index in [0.29, 0.717) is 10.6 Å². The molecule has 3 nitrogen and oxygen atoms in total. The SMILES string of the molecule is N#CC(NC(=O)c1ccc(Cl)cc1)c1cccs1. The van der Waals surface area contributed by atoms with Crippen LogP contribution < -0.4 is 5.32 Å². The Morgan fingerprint density at radius 2 is 2.06 bits per heavy atom. The zero-order valence-corrected chi connectivity index (χ0v) is 10.8. The second-order valence-corrected chi connectivity index (χ2v) is 4.97. The normalized spacial score (nSPS) is 11.6. The van der Waals surface area contributed by atoms with Gasteiger partial charge >= 0.3 is 0 Å². The number of nitriles is 1. The third-order valence-corrected chi connectivity index (χ3v) is 3.53. The summed E-state index contributed by atoms with van der Waals surface area (Å²) in [5, 5.41) is 14.2. The van der Waals surface area contributed by atoms with E-state index in [1.54, 1.807) is 24.3 Å². The predicted molar refractivity (Wildman–Crippen MR) is 71.6 cm³/mol. The van der Waals surface area contributed by atoms with E-state index < -0.39 is 6.04 Å². The van der Waals surface area contributed by atoms with Crippen molar-refractivity contribution in [3.8, 4) is 6.07 Å². The summed E-state index contributed by atoms with van der Waals surface area (Å²) in [6.07, 6.45) is 0. The number of amides is 1. The molecule has 0 aliphatic rings. The minimum absolute atomic E-state index is 0.286. The van der Waals surface area contributed by atoms with Gasteiger partial charge in [-0.05, 0) is 35.7 Å². The van der Waals surface area contributed by atoms with Crippen molar-refractivity contribution in [2.45, 2.75) is 6.04 Å². The third-order valence-electron chi connectivity index (χ3n) is 2.34. The van der Waals surface area contributed by atoms with E-state index in [-0.39, 0.29) is 5.91 Å². The Balaban J connectivity index is 2.11. The molecule has 0 saturated carbocycles. The first-order chi connectivity index (χ1) is 8.70. The Labute approximate surface area is 114 Å². The van der Waals surface area contributed by atoms with Gasteiger partial charge in [0.2, 0.25) is 0 Å². The molecule has 1 amide bonds. The second-order valence-electron chi connectivity index (χ2n) is 3.56. The highest BCUT2D eigenvalue weighted by Gasteiger charge is 2.15. The first kappa shape index (κ1) is 12.6. The second kappa shape index (κ2) is 5.67. The lowest BCUT2D eigenvalue weighted by Gasteiger charge is -2.09. The molecular weight excluding hydrogens is 268 g/mol. The lowest BCUT2D eigenvalue weighted by molar-refractivity contribution is 0.0945. The molecule has 1 aromatic heterocycles. The van der Waals surface area contributed by atoms with Crippen molar-refractivity contribution in [1.82, 2.24) is 5.32 Å². The number of rotatable bonds is 3. The molecule has 2 rings (SSSR count). The first-order valence-corrected chi connectivity index (χ1v) is 6.46. The molecule has 5 heteroatoms. The van der Waals surface area contributed by atoms with Gasteiger partial charge in [-0.2, -0.15) is 5.26 Å². The number of carbonyl (C=O) groups is 1. The van der Waals surface area contributed by atoms with Crippen LogP contribution in [-0.4, -0.2) is 5.91 Å². The van der Waals surface area contributed by atoms with Crippen LogP contribution >= 0.6 is 22.9 Å². The Morgan fingerprint density at radius 3 is 2.61 bits per heavy atom. The minimum Gasteiger partial charge on any atom is -0.332 e. The molecule has 1 heterocycles. The van der Waals surface area contributed by atoms with Crippen LogP contribution in [0.25, 0.3) is 0 Å². The van der Waals surface area contributed by atoms with Gasteiger partial charge in [0.25, 0.3) is 5.91 Å². The average molecular weight is 277 g/mol. The minimum atomic E-state index is -0.617. The molecule has 1 atom stereocenters. The number of nitrogens with zero attached hydrogens (tertiary/aromatic N) is 1. The molecule has 0 fully saturated rings. The molecule has 1 N–H and O–H groups in total. The standard InChI is InChI=1S/C13H9ClN2OS/c14-10-5-3-9(4-6-10)13(17)16-11(8-15)12-2-1-7-18-12/h1-7,11H,(H,16,17). The topological polar surface area (TPSA) is 52.9 Å². The van der Waals surface area contributed by atoms with Crippen LogP contribution in [0.4, 0.5) is 0 Å². The molecule has 18 heavy (non-hydrogen) atoms. The Morgan fingerprint density at radius 1 is 1.33 bits per heavy atom. The van der Waals surface area contributed by atoms with Crippen molar-refractivity contribution in [1.29, 1.82) is 5.26 Å². The van der Waals surface area contributed by atoms with Crippen LogP contribution in [0.5, 0.6) is 0 Å². The van der Waals surface area contributed by atoms with Gasteiger partial charge in [-0.1, -0.05) is 17.7 Å². The molecule has 1 unspecified atom stereocenters. The maximum absolute atomic E-state index is 11.9. The monoisotopic (exact) mass is 276 g/mol. The molecular formula is C13H9ClN2OS. The highest BCUT2D eigenvalue weighted by atomic mass is 35.5. The highest BCUT2D eigenvalue weighted by Crippen LogP contribution is 2.19. The van der Waals surface area contributed by atoms with Crippen LogP contribution in [0, 0.1) is 11.3 Å². The quantitative estimate of drug-likeness (QED) is 0.934. The Kier molecular flexibility index (Phi) is 3.98. The molecule has 0 radical (unpaired) electrons. The number of thiophene rings is 1. The lowest BCUT2D eigenvalue weighted by atomic mass is 10.2. The van der Waals surface area contributed by atoms with Crippen molar-refractivity contribution in [3.63, 3.8) is 0 Å². The van der Waals surface area contributed by atoms with E-state index in [0.717, 1.165) is 4.88 Å². The Bertz CT molecular complexity index is 572. The van der Waals surface area contributed by atoms with Crippen molar-refractivity contribution >= 4 is 28.8 Å². The molecule has 0 saturated heterocycles. The van der Waals surface area contributed by atoms with Crippen LogP contribution in [0.2, 0.25) is 5.02 Å². The number of halogens is 1. The molecule has 0 spiro atoms. The van der Waals surface area contributed by atoms with Crippen molar-refractivity contribution in [3.05, 3.63) is 57.2 Å². The van der Waals surface area contributed by atoms with Gasteiger partial charge < -0.3 is 5.32 Å². The molecule has 2 aromatic rings. The molecule has 90 valence electrons. The maximum atomic E-state index is 11.9. The summed E-state index contributed by atoms with van der Waals surface area (Å²) in [7, 11) is 0. The summed E-state index contributed by atoms with van der Waals surface area (Å²) in [5.41, 5.74) is 0.483. The van der Waals surface area contributed by atoms with Gasteiger partial charge in [0.05, 0.1) is 6.07 Å². The van der Waals surface area contributed by atoms with Crippen LogP contribution in [0.15, 0.2) is 41.8 Å². The van der Waals surface area contributed by atoms with Gasteiger partial charge in [-0.3, -0.25) is 4.79 Å². The molecule has 1 aromatic carbocycles. The van der Waals surface area contributed by atoms with E-state index in [1.807, 2.05) is 17.5 Å². The summed E-state index contributed by atoms with van der Waals surface area (Å²) in [6.45, 7) is 0. The lowest BCUT2D eigenvalue weighted by Crippen LogP contribution is -2.26. The predicted octanol–water partition coefficient (Wildman–Crippen LogP) is 3.40. The van der Waals surface area contributed by atoms with Crippen molar-refractivity contribution in [2.75, 3.05) is 0 Å². The highest BCUT2D eigenvalue weighted by molar-refractivity contribution is 7.10. The van der Waals surface area contributed by atoms with Crippen LogP contribution in [0.1, 0.15) is 21.3 Å². The number of hydrogen-bond acceptors (Lipinski definition) is 3. The zero-order valence-electron chi connectivity index (χ0n) is 9.26. The van der Waals surface area contributed by atoms with Crippen LogP contribution in [-0.2, 0) is 0 Å². The summed E-state index contributed by atoms with van der Waals surface area (Å²) in [4.78, 5) is 12.7. The number of benzene rings is 1. The largest absolute Gasteiger partial charge is 0.332 e. The van der Waals surface area contributed by atoms with E-state index >= 15 is 0 Å². The van der Waals surface area contributed by atoms with Crippen molar-refractivity contribution < 1.29 is 4.79 Å². The maximum Gasteiger partial charge on any atom is 0.252 e. The molecule has 0 bridgehead atoms. The molecule has 0 aliphatic heterocycles. The average Bonchev–Trinajstić information content (AvgIpc) is 2.90. The summed E-state index contributed by atoms with van der Waals surface area (Å²) >= 11 is 7.19. The fourth-order valence-electron chi connectivity index (χ4n) is 1.44. The number of hydrogen-bond donors (Lipinski definition) is 1. The summed E-state index contributed by atoms with van der Waals surface area (Å²) in [5.74, 6) is -0.286. The van der Waals surface area contributed by atoms with Crippen molar-refractivity contribution in [2.24, 2.45) is 0 Å². The van der Waals surface area contributed by atoms with E-state index in [2.05, 4.69) is 11.4 Å². The Hall–Kier alpha value is -1.83. The summed E-state index contributed by atoms with van der Waals surface area (Å²) in [6, 6.07) is 11.7. The van der Waals surface area contributed by atoms with E-state index in [4.69, 9.17) is 16.9 Å². The van der Waals surface area contributed by atoms with Gasteiger partial charge in [0.15, 0.2) is 6.04 Å². The first-order valence-electron chi connectivity index (χ1n) is 5.20. The van der Waals surface area contributed by atoms with Gasteiger partial charge in [0.1, 0.15) is 0 Å². The van der Waals surface area contributed by atoms with Gasteiger partial charge in [0, 0.05) is 15.5 Å². The van der Waals surface area contributed by atoms with E-state index in [9.17, 15) is 4.79 Å².